The summed E-state index contributed by atoms with van der Waals surface area (Å²) < 4.78 is 0. The van der Waals surface area contributed by atoms with Crippen LogP contribution in [0.25, 0.3) is 0 Å². The number of rotatable bonds is 2. The summed E-state index contributed by atoms with van der Waals surface area (Å²) in [6.07, 6.45) is 0. The summed E-state index contributed by atoms with van der Waals surface area (Å²) >= 11 is 0. The smallest absolute Gasteiger partial charge is 1.00 e. The van der Waals surface area contributed by atoms with Gasteiger partial charge in [0.15, 0.2) is 0 Å². The molecule has 7 heteroatoms. The van der Waals surface area contributed by atoms with Gasteiger partial charge in [-0.25, -0.2) is 9.59 Å². The molecule has 0 aliphatic heterocycles. The second-order valence-electron chi connectivity index (χ2n) is 1.28. The van der Waals surface area contributed by atoms with Gasteiger partial charge in [0, 0.05) is 0 Å². The molecule has 10 heavy (non-hydrogen) atoms. The Balaban J connectivity index is -0.000000320. The van der Waals surface area contributed by atoms with Crippen LogP contribution in [0.3, 0.4) is 0 Å². The van der Waals surface area contributed by atoms with Crippen LogP contribution in [-0.4, -0.2) is 38.2 Å². The predicted octanol–water partition coefficient (Wildman–Crippen LogP) is -5.05. The van der Waals surface area contributed by atoms with E-state index in [-0.39, 0.29) is 31.0 Å². The quantitative estimate of drug-likeness (QED) is 0.182. The summed E-state index contributed by atoms with van der Waals surface area (Å²) in [5, 5.41) is 31.5. The first-order valence-electron chi connectivity index (χ1n) is 1.80. The number of carboxylic acids is 2. The Morgan fingerprint density at radius 1 is 1.10 bits per heavy atom. The van der Waals surface area contributed by atoms with Crippen LogP contribution < -0.4 is 29.6 Å². The summed E-state index contributed by atoms with van der Waals surface area (Å²) in [6, 6.07) is 0. The SMILES string of the molecule is O=C(O)C(O)(O)C(=O)O.[H-].[Na+]. The van der Waals surface area contributed by atoms with Gasteiger partial charge in [0.1, 0.15) is 0 Å². The van der Waals surface area contributed by atoms with Crippen LogP contribution in [0.1, 0.15) is 1.43 Å². The molecule has 0 saturated carbocycles. The number of hydrogen-bond acceptors (Lipinski definition) is 4. The normalized spacial score (nSPS) is 9.80. The van der Waals surface area contributed by atoms with E-state index < -0.39 is 17.7 Å². The molecule has 0 fully saturated rings. The average molecular weight is 160 g/mol. The topological polar surface area (TPSA) is 115 Å². The standard InChI is InChI=1S/C3H4O6.Na.H/c4-1(5)3(8,9)2(6)7;;/h8-9H,(H,4,5)(H,6,7);;/q;+1;-1. The minimum absolute atomic E-state index is 0. The van der Waals surface area contributed by atoms with Gasteiger partial charge >= 0.3 is 47.3 Å². The molecule has 0 atom stereocenters. The Bertz CT molecular complexity index is 140. The van der Waals surface area contributed by atoms with Crippen LogP contribution in [0.5, 0.6) is 0 Å². The monoisotopic (exact) mass is 160 g/mol. The molecule has 0 heterocycles. The Labute approximate surface area is 78.9 Å². The molecule has 0 aliphatic rings. The maximum Gasteiger partial charge on any atom is 1.00 e. The van der Waals surface area contributed by atoms with E-state index in [1.807, 2.05) is 0 Å². The third kappa shape index (κ3) is 2.63. The maximum absolute atomic E-state index is 9.58. The van der Waals surface area contributed by atoms with Gasteiger partial charge in [-0.15, -0.1) is 0 Å². The molecule has 0 bridgehead atoms. The van der Waals surface area contributed by atoms with Gasteiger partial charge in [-0.05, 0) is 0 Å². The minimum atomic E-state index is -3.67. The summed E-state index contributed by atoms with van der Waals surface area (Å²) in [5.74, 6) is -8.09. The fourth-order valence-corrected chi connectivity index (χ4v) is 0.0915. The van der Waals surface area contributed by atoms with E-state index >= 15 is 0 Å². The van der Waals surface area contributed by atoms with E-state index in [9.17, 15) is 9.59 Å². The molecule has 4 N–H and O–H groups in total. The van der Waals surface area contributed by atoms with Crippen molar-refractivity contribution in [1.29, 1.82) is 0 Å². The third-order valence-corrected chi connectivity index (χ3v) is 0.596. The van der Waals surface area contributed by atoms with Crippen LogP contribution in [0, 0.1) is 0 Å². The van der Waals surface area contributed by atoms with Crippen molar-refractivity contribution in [3.8, 4) is 0 Å². The number of aliphatic carboxylic acids is 2. The van der Waals surface area contributed by atoms with Crippen molar-refractivity contribution in [2.45, 2.75) is 5.79 Å². The number of carboxylic acid groups (broad SMARTS) is 2. The van der Waals surface area contributed by atoms with Crippen molar-refractivity contribution in [3.63, 3.8) is 0 Å². The molecule has 0 aromatic heterocycles. The predicted molar refractivity (Wildman–Crippen MR) is 23.6 cm³/mol. The van der Waals surface area contributed by atoms with Gasteiger partial charge in [-0.1, -0.05) is 0 Å². The van der Waals surface area contributed by atoms with Gasteiger partial charge in [-0.2, -0.15) is 0 Å². The summed E-state index contributed by atoms with van der Waals surface area (Å²) in [5.41, 5.74) is 0. The second kappa shape index (κ2) is 3.89. The Morgan fingerprint density at radius 2 is 1.30 bits per heavy atom. The van der Waals surface area contributed by atoms with Crippen LogP contribution >= 0.6 is 0 Å². The largest absolute Gasteiger partial charge is 1.00 e. The number of carbonyl (C=O) groups is 2. The van der Waals surface area contributed by atoms with Crippen molar-refractivity contribution >= 4 is 11.9 Å². The van der Waals surface area contributed by atoms with Crippen LogP contribution in [-0.2, 0) is 9.59 Å². The summed E-state index contributed by atoms with van der Waals surface area (Å²) in [7, 11) is 0. The fourth-order valence-electron chi connectivity index (χ4n) is 0.0915. The molecule has 0 saturated heterocycles. The zero-order chi connectivity index (χ0) is 7.65. The van der Waals surface area contributed by atoms with Crippen LogP contribution in [0.4, 0.5) is 0 Å². The molecular weight excluding hydrogens is 155 g/mol. The van der Waals surface area contributed by atoms with Gasteiger partial charge in [0.05, 0.1) is 0 Å². The van der Waals surface area contributed by atoms with Crippen molar-refractivity contribution in [3.05, 3.63) is 0 Å². The van der Waals surface area contributed by atoms with Crippen molar-refractivity contribution < 1.29 is 61.0 Å². The van der Waals surface area contributed by atoms with E-state index in [1.165, 1.54) is 0 Å². The molecule has 0 amide bonds. The number of hydrogen-bond donors (Lipinski definition) is 4. The molecule has 0 rings (SSSR count). The first kappa shape index (κ1) is 12.5. The Morgan fingerprint density at radius 3 is 1.30 bits per heavy atom. The Kier molecular flexibility index (Phi) is 4.88. The molecule has 0 aromatic carbocycles. The van der Waals surface area contributed by atoms with Crippen LogP contribution in [0.2, 0.25) is 0 Å². The second-order valence-corrected chi connectivity index (χ2v) is 1.28. The third-order valence-electron chi connectivity index (χ3n) is 0.596. The average Bonchev–Trinajstić information content (AvgIpc) is 1.65. The van der Waals surface area contributed by atoms with Gasteiger partial charge < -0.3 is 21.9 Å². The van der Waals surface area contributed by atoms with E-state index in [0.717, 1.165) is 0 Å². The first-order valence-corrected chi connectivity index (χ1v) is 1.80. The van der Waals surface area contributed by atoms with E-state index in [0.29, 0.717) is 0 Å². The molecule has 6 nitrogen and oxygen atoms in total. The molecule has 0 radical (unpaired) electrons. The molecule has 0 spiro atoms. The number of aliphatic hydroxyl groups is 2. The Hall–Kier alpha value is -0.140. The molecule has 0 aliphatic carbocycles. The summed E-state index contributed by atoms with van der Waals surface area (Å²) in [6.45, 7) is 0. The first-order chi connectivity index (χ1) is 3.89. The molecule has 0 unspecified atom stereocenters. The zero-order valence-electron chi connectivity index (χ0n) is 6.11. The summed E-state index contributed by atoms with van der Waals surface area (Å²) in [4.78, 5) is 19.2. The molecule has 54 valence electrons. The minimum Gasteiger partial charge on any atom is -1.00 e. The molecular formula is C3H5NaO6. The fraction of sp³-hybridized carbons (Fsp3) is 0.333. The van der Waals surface area contributed by atoms with E-state index in [1.54, 1.807) is 0 Å². The van der Waals surface area contributed by atoms with Crippen molar-refractivity contribution in [2.75, 3.05) is 0 Å². The van der Waals surface area contributed by atoms with Gasteiger partial charge in [0.2, 0.25) is 0 Å². The van der Waals surface area contributed by atoms with E-state index in [4.69, 9.17) is 20.4 Å². The van der Waals surface area contributed by atoms with E-state index in [2.05, 4.69) is 0 Å². The maximum atomic E-state index is 9.58. The van der Waals surface area contributed by atoms with Crippen molar-refractivity contribution in [1.82, 2.24) is 0 Å². The van der Waals surface area contributed by atoms with Crippen molar-refractivity contribution in [2.24, 2.45) is 0 Å². The van der Waals surface area contributed by atoms with Gasteiger partial charge in [-0.3, -0.25) is 0 Å². The molecule has 0 aromatic rings. The van der Waals surface area contributed by atoms with Gasteiger partial charge in [0.25, 0.3) is 0 Å². The van der Waals surface area contributed by atoms with Crippen LogP contribution in [0.15, 0.2) is 0 Å². The zero-order valence-corrected chi connectivity index (χ0v) is 7.11.